The topological polar surface area (TPSA) is 26.0 Å². The van der Waals surface area contributed by atoms with Crippen LogP contribution in [0.4, 0.5) is 0 Å². The predicted molar refractivity (Wildman–Crippen MR) is 66.0 cm³/mol. The molecule has 0 aliphatic heterocycles. The molecule has 1 rings (SSSR count). The maximum absolute atomic E-state index is 4.50. The molecule has 0 heterocycles. The van der Waals surface area contributed by atoms with Gasteiger partial charge in [-0.15, -0.1) is 0 Å². The van der Waals surface area contributed by atoms with Crippen LogP contribution in [0, 0.1) is 0 Å². The average molecular weight is 185 g/mol. The minimum atomic E-state index is 0. The van der Waals surface area contributed by atoms with Crippen LogP contribution in [0.25, 0.3) is 0 Å². The van der Waals surface area contributed by atoms with Crippen molar-refractivity contribution < 1.29 is 0 Å². The summed E-state index contributed by atoms with van der Waals surface area (Å²) in [5, 5.41) is 0. The summed E-state index contributed by atoms with van der Waals surface area (Å²) in [6.45, 7) is 4.25. The SMILES string of the molecule is C.C.CCC.CN.c1ccccc1. The minimum absolute atomic E-state index is 0. The van der Waals surface area contributed by atoms with E-state index in [9.17, 15) is 0 Å². The highest BCUT2D eigenvalue weighted by atomic mass is 14.4. The Kier molecular flexibility index (Phi) is 53.1. The fraction of sp³-hybridized carbons (Fsp3) is 0.500. The summed E-state index contributed by atoms with van der Waals surface area (Å²) in [6.07, 6.45) is 1.25. The molecule has 80 valence electrons. The zero-order valence-corrected chi connectivity index (χ0v) is 7.75. The Morgan fingerprint density at radius 3 is 0.846 bits per heavy atom. The van der Waals surface area contributed by atoms with Gasteiger partial charge >= 0.3 is 0 Å². The second-order valence-corrected chi connectivity index (χ2v) is 1.86. The van der Waals surface area contributed by atoms with E-state index in [4.69, 9.17) is 0 Å². The highest BCUT2D eigenvalue weighted by Gasteiger charge is 1.57. The first-order valence-corrected chi connectivity index (χ1v) is 3.99. The molecule has 13 heavy (non-hydrogen) atoms. The lowest BCUT2D eigenvalue weighted by molar-refractivity contribution is 1.09. The fourth-order valence-electron chi connectivity index (χ4n) is 0.385. The van der Waals surface area contributed by atoms with Crippen LogP contribution in [0.15, 0.2) is 36.4 Å². The molecule has 0 spiro atoms. The van der Waals surface area contributed by atoms with Crippen LogP contribution in [0.1, 0.15) is 35.1 Å². The van der Waals surface area contributed by atoms with E-state index in [0.717, 1.165) is 0 Å². The molecule has 2 N–H and O–H groups in total. The molecule has 1 aromatic carbocycles. The molecule has 0 aliphatic rings. The number of hydrogen-bond donors (Lipinski definition) is 1. The summed E-state index contributed by atoms with van der Waals surface area (Å²) in [4.78, 5) is 0. The van der Waals surface area contributed by atoms with Crippen molar-refractivity contribution in [3.8, 4) is 0 Å². The van der Waals surface area contributed by atoms with Crippen molar-refractivity contribution >= 4 is 0 Å². The summed E-state index contributed by atoms with van der Waals surface area (Å²) in [5.74, 6) is 0. The average Bonchev–Trinajstić information content (AvgIpc) is 2.12. The molecule has 1 heteroatoms. The maximum Gasteiger partial charge on any atom is -0.0195 e. The molecule has 0 saturated carbocycles. The van der Waals surface area contributed by atoms with Crippen molar-refractivity contribution in [1.29, 1.82) is 0 Å². The Labute approximate surface area is 85.0 Å². The monoisotopic (exact) mass is 185 g/mol. The number of hydrogen-bond acceptors (Lipinski definition) is 1. The van der Waals surface area contributed by atoms with Gasteiger partial charge in [0, 0.05) is 0 Å². The summed E-state index contributed by atoms with van der Waals surface area (Å²) < 4.78 is 0. The van der Waals surface area contributed by atoms with E-state index in [0.29, 0.717) is 0 Å². The van der Waals surface area contributed by atoms with E-state index in [1.165, 1.54) is 13.5 Å². The molecule has 0 aromatic heterocycles. The molecule has 0 radical (unpaired) electrons. The van der Waals surface area contributed by atoms with Gasteiger partial charge in [-0.2, -0.15) is 0 Å². The van der Waals surface area contributed by atoms with Crippen molar-refractivity contribution in [3.63, 3.8) is 0 Å². The molecule has 0 fully saturated rings. The normalized spacial score (nSPS) is 5.54. The van der Waals surface area contributed by atoms with Gasteiger partial charge in [0.2, 0.25) is 0 Å². The third-order valence-corrected chi connectivity index (χ3v) is 0.667. The minimum Gasteiger partial charge on any atom is -0.333 e. The molecule has 0 saturated heterocycles. The van der Waals surface area contributed by atoms with Gasteiger partial charge in [0.1, 0.15) is 0 Å². The molecule has 0 atom stereocenters. The second-order valence-electron chi connectivity index (χ2n) is 1.86. The van der Waals surface area contributed by atoms with Crippen LogP contribution in [0.5, 0.6) is 0 Å². The standard InChI is InChI=1S/C6H6.C3H8.CH5N.2CH4/c1-2-4-6-5-3-1;1-3-2;1-2;;/h1-6H;3H2,1-2H3;2H2,1H3;2*1H4. The summed E-state index contributed by atoms with van der Waals surface area (Å²) >= 11 is 0. The highest BCUT2D eigenvalue weighted by molar-refractivity contribution is 4.99. The van der Waals surface area contributed by atoms with Crippen LogP contribution in [0.2, 0.25) is 0 Å². The van der Waals surface area contributed by atoms with Crippen LogP contribution in [-0.4, -0.2) is 7.05 Å². The Hall–Kier alpha value is -0.820. The zero-order chi connectivity index (χ0) is 8.95. The van der Waals surface area contributed by atoms with Gasteiger partial charge in [0.05, 0.1) is 0 Å². The van der Waals surface area contributed by atoms with Crippen LogP contribution >= 0.6 is 0 Å². The first kappa shape index (κ1) is 22.8. The molecular formula is C12H27N. The lowest BCUT2D eigenvalue weighted by atomic mass is 10.4. The molecule has 0 bridgehead atoms. The lowest BCUT2D eigenvalue weighted by Crippen LogP contribution is -1.69. The second kappa shape index (κ2) is 30.3. The van der Waals surface area contributed by atoms with E-state index in [2.05, 4.69) is 19.6 Å². The van der Waals surface area contributed by atoms with Gasteiger partial charge in [0.25, 0.3) is 0 Å². The first-order chi connectivity index (χ1) is 5.41. The number of nitrogens with two attached hydrogens (primary N) is 1. The Bertz CT molecular complexity index is 88.0. The molecule has 0 aliphatic carbocycles. The largest absolute Gasteiger partial charge is 0.333 e. The first-order valence-electron chi connectivity index (χ1n) is 3.99. The van der Waals surface area contributed by atoms with Crippen LogP contribution < -0.4 is 5.73 Å². The quantitative estimate of drug-likeness (QED) is 0.650. The molecule has 1 aromatic rings. The van der Waals surface area contributed by atoms with Gasteiger partial charge in [0.15, 0.2) is 0 Å². The smallest absolute Gasteiger partial charge is 0.0195 e. The van der Waals surface area contributed by atoms with E-state index in [-0.39, 0.29) is 14.9 Å². The van der Waals surface area contributed by atoms with Crippen molar-refractivity contribution in [3.05, 3.63) is 36.4 Å². The van der Waals surface area contributed by atoms with Gasteiger partial charge in [-0.3, -0.25) is 0 Å². The fourth-order valence-corrected chi connectivity index (χ4v) is 0.385. The van der Waals surface area contributed by atoms with E-state index in [1.54, 1.807) is 0 Å². The van der Waals surface area contributed by atoms with E-state index >= 15 is 0 Å². The molecular weight excluding hydrogens is 158 g/mol. The number of benzene rings is 1. The molecule has 0 amide bonds. The summed E-state index contributed by atoms with van der Waals surface area (Å²) in [7, 11) is 1.50. The van der Waals surface area contributed by atoms with E-state index < -0.39 is 0 Å². The van der Waals surface area contributed by atoms with Gasteiger partial charge in [-0.25, -0.2) is 0 Å². The van der Waals surface area contributed by atoms with Crippen molar-refractivity contribution in [1.82, 2.24) is 0 Å². The van der Waals surface area contributed by atoms with E-state index in [1.807, 2.05) is 36.4 Å². The van der Waals surface area contributed by atoms with Crippen molar-refractivity contribution in [2.75, 3.05) is 7.05 Å². The molecule has 0 unspecified atom stereocenters. The van der Waals surface area contributed by atoms with Crippen molar-refractivity contribution in [2.24, 2.45) is 5.73 Å². The third kappa shape index (κ3) is 35.1. The summed E-state index contributed by atoms with van der Waals surface area (Å²) in [6, 6.07) is 12.0. The highest BCUT2D eigenvalue weighted by Crippen LogP contribution is 1.79. The predicted octanol–water partition coefficient (Wildman–Crippen LogP) is 3.95. The summed E-state index contributed by atoms with van der Waals surface area (Å²) in [5.41, 5.74) is 4.50. The number of rotatable bonds is 0. The third-order valence-electron chi connectivity index (χ3n) is 0.667. The Morgan fingerprint density at radius 1 is 0.692 bits per heavy atom. The Balaban J connectivity index is -0.0000000517. The maximum atomic E-state index is 4.50. The Morgan fingerprint density at radius 2 is 0.769 bits per heavy atom. The van der Waals surface area contributed by atoms with Crippen molar-refractivity contribution in [2.45, 2.75) is 35.1 Å². The van der Waals surface area contributed by atoms with Gasteiger partial charge < -0.3 is 5.73 Å². The van der Waals surface area contributed by atoms with Crippen LogP contribution in [-0.2, 0) is 0 Å². The van der Waals surface area contributed by atoms with Gasteiger partial charge in [-0.05, 0) is 7.05 Å². The van der Waals surface area contributed by atoms with Gasteiger partial charge in [-0.1, -0.05) is 71.5 Å². The molecule has 1 nitrogen and oxygen atoms in total. The van der Waals surface area contributed by atoms with Crippen LogP contribution in [0.3, 0.4) is 0 Å². The lowest BCUT2D eigenvalue weighted by Gasteiger charge is -1.69. The zero-order valence-electron chi connectivity index (χ0n) is 7.75.